The molecule has 0 aliphatic heterocycles. The van der Waals surface area contributed by atoms with Crippen LogP contribution in [-0.2, 0) is 20.7 Å². The number of rotatable bonds is 9. The average molecular weight is 414 g/mol. The molecule has 0 spiro atoms. The Morgan fingerprint density at radius 3 is 2.33 bits per heavy atom. The molecule has 1 unspecified atom stereocenters. The predicted molar refractivity (Wildman–Crippen MR) is 117 cm³/mol. The van der Waals surface area contributed by atoms with Crippen molar-refractivity contribution in [3.05, 3.63) is 59.7 Å². The largest absolute Gasteiger partial charge is 0.465 e. The zero-order valence-corrected chi connectivity index (χ0v) is 18.4. The highest BCUT2D eigenvalue weighted by molar-refractivity contribution is 6.01. The maximum absolute atomic E-state index is 12.4. The summed E-state index contributed by atoms with van der Waals surface area (Å²) in [6, 6.07) is 14.4. The van der Waals surface area contributed by atoms with E-state index in [4.69, 9.17) is 14.2 Å². The van der Waals surface area contributed by atoms with Crippen LogP contribution in [0.15, 0.2) is 48.5 Å². The molecule has 1 atom stereocenters. The predicted octanol–water partition coefficient (Wildman–Crippen LogP) is 4.97. The van der Waals surface area contributed by atoms with Gasteiger partial charge < -0.3 is 19.5 Å². The summed E-state index contributed by atoms with van der Waals surface area (Å²) in [4.78, 5) is 24.8. The highest BCUT2D eigenvalue weighted by atomic mass is 16.7. The van der Waals surface area contributed by atoms with Gasteiger partial charge in [0.2, 0.25) is 5.91 Å². The van der Waals surface area contributed by atoms with E-state index in [1.807, 2.05) is 38.1 Å². The lowest BCUT2D eigenvalue weighted by atomic mass is 10.1. The summed E-state index contributed by atoms with van der Waals surface area (Å²) >= 11 is 0. The first-order chi connectivity index (χ1) is 14.2. The van der Waals surface area contributed by atoms with Crippen LogP contribution < -0.4 is 10.1 Å². The Balaban J connectivity index is 1.92. The van der Waals surface area contributed by atoms with Crippen molar-refractivity contribution in [2.75, 3.05) is 11.9 Å². The fourth-order valence-electron chi connectivity index (χ4n) is 2.77. The summed E-state index contributed by atoms with van der Waals surface area (Å²) in [5.74, 6) is 0.0852. The Hall–Kier alpha value is -2.86. The van der Waals surface area contributed by atoms with E-state index in [1.54, 1.807) is 45.0 Å². The molecule has 30 heavy (non-hydrogen) atoms. The summed E-state index contributed by atoms with van der Waals surface area (Å²) in [5.41, 5.74) is 1.20. The van der Waals surface area contributed by atoms with Crippen LogP contribution in [0.4, 0.5) is 5.69 Å². The number of nitrogens with one attached hydrogen (secondary N) is 1. The SMILES string of the molecule is CCOC(C)Oc1ccc(CCC(=O)Nc2ccccc2C(=O)OC(C)(C)C)cc1. The number of hydrogen-bond donors (Lipinski definition) is 1. The van der Waals surface area contributed by atoms with Crippen LogP contribution in [0.5, 0.6) is 5.75 Å². The van der Waals surface area contributed by atoms with Crippen molar-refractivity contribution in [3.8, 4) is 5.75 Å². The highest BCUT2D eigenvalue weighted by Gasteiger charge is 2.20. The summed E-state index contributed by atoms with van der Waals surface area (Å²) in [6.07, 6.45) is 0.552. The number of esters is 1. The van der Waals surface area contributed by atoms with Crippen LogP contribution in [-0.4, -0.2) is 30.4 Å². The third kappa shape index (κ3) is 7.87. The fraction of sp³-hybridized carbons (Fsp3) is 0.417. The first-order valence-corrected chi connectivity index (χ1v) is 10.2. The molecular formula is C24H31NO5. The normalized spacial score (nSPS) is 12.2. The first-order valence-electron chi connectivity index (χ1n) is 10.2. The van der Waals surface area contributed by atoms with Gasteiger partial charge in [-0.05, 0) is 70.9 Å². The lowest BCUT2D eigenvalue weighted by Gasteiger charge is -2.20. The van der Waals surface area contributed by atoms with Crippen molar-refractivity contribution in [1.82, 2.24) is 0 Å². The molecule has 0 fully saturated rings. The summed E-state index contributed by atoms with van der Waals surface area (Å²) in [7, 11) is 0. The molecule has 0 radical (unpaired) electrons. The van der Waals surface area contributed by atoms with Crippen LogP contribution in [0.2, 0.25) is 0 Å². The van der Waals surface area contributed by atoms with E-state index >= 15 is 0 Å². The molecule has 0 saturated carbocycles. The second-order valence-electron chi connectivity index (χ2n) is 7.88. The Morgan fingerprint density at radius 2 is 1.70 bits per heavy atom. The Morgan fingerprint density at radius 1 is 1.03 bits per heavy atom. The Bertz CT molecular complexity index is 839. The minimum absolute atomic E-state index is 0.170. The molecule has 0 heterocycles. The molecule has 2 aromatic carbocycles. The van der Waals surface area contributed by atoms with Crippen molar-refractivity contribution in [1.29, 1.82) is 0 Å². The van der Waals surface area contributed by atoms with Gasteiger partial charge in [0.1, 0.15) is 11.4 Å². The topological polar surface area (TPSA) is 73.9 Å². The van der Waals surface area contributed by atoms with Gasteiger partial charge in [-0.25, -0.2) is 4.79 Å². The third-order valence-corrected chi connectivity index (χ3v) is 4.09. The standard InChI is InChI=1S/C24H31NO5/c1-6-28-17(2)29-19-14-11-18(12-15-19)13-16-22(26)25-21-10-8-7-9-20(21)23(27)30-24(3,4)5/h7-12,14-15,17H,6,13,16H2,1-5H3,(H,25,26). The number of ether oxygens (including phenoxy) is 3. The quantitative estimate of drug-likeness (QED) is 0.464. The van der Waals surface area contributed by atoms with Crippen molar-refractivity contribution in [2.24, 2.45) is 0 Å². The van der Waals surface area contributed by atoms with Crippen molar-refractivity contribution in [2.45, 2.75) is 59.4 Å². The van der Waals surface area contributed by atoms with E-state index in [1.165, 1.54) is 0 Å². The van der Waals surface area contributed by atoms with Gasteiger partial charge in [0, 0.05) is 13.0 Å². The number of amides is 1. The van der Waals surface area contributed by atoms with Crippen LogP contribution in [0.1, 0.15) is 57.0 Å². The highest BCUT2D eigenvalue weighted by Crippen LogP contribution is 2.20. The number of para-hydroxylation sites is 1. The lowest BCUT2D eigenvalue weighted by molar-refractivity contribution is -0.116. The molecule has 6 heteroatoms. The molecule has 162 valence electrons. The molecule has 0 aliphatic rings. The van der Waals surface area contributed by atoms with E-state index < -0.39 is 11.6 Å². The number of benzene rings is 2. The number of carbonyl (C=O) groups is 2. The number of aryl methyl sites for hydroxylation is 1. The molecule has 0 saturated heterocycles. The molecule has 2 rings (SSSR count). The van der Waals surface area contributed by atoms with Crippen LogP contribution in [0.3, 0.4) is 0 Å². The van der Waals surface area contributed by atoms with Gasteiger partial charge in [-0.15, -0.1) is 0 Å². The Kier molecular flexibility index (Phi) is 8.42. The minimum Gasteiger partial charge on any atom is -0.465 e. The molecular weight excluding hydrogens is 382 g/mol. The van der Waals surface area contributed by atoms with Crippen molar-refractivity contribution < 1.29 is 23.8 Å². The molecule has 2 aromatic rings. The summed E-state index contributed by atoms with van der Waals surface area (Å²) in [5, 5.41) is 2.82. The molecule has 6 nitrogen and oxygen atoms in total. The van der Waals surface area contributed by atoms with Gasteiger partial charge in [-0.3, -0.25) is 4.79 Å². The van der Waals surface area contributed by atoms with Crippen molar-refractivity contribution in [3.63, 3.8) is 0 Å². The van der Waals surface area contributed by atoms with Gasteiger partial charge in [0.15, 0.2) is 6.29 Å². The molecule has 1 N–H and O–H groups in total. The van der Waals surface area contributed by atoms with E-state index in [9.17, 15) is 9.59 Å². The minimum atomic E-state index is -0.607. The fourth-order valence-corrected chi connectivity index (χ4v) is 2.77. The maximum Gasteiger partial charge on any atom is 0.340 e. The smallest absolute Gasteiger partial charge is 0.340 e. The van der Waals surface area contributed by atoms with Crippen LogP contribution in [0.25, 0.3) is 0 Å². The van der Waals surface area contributed by atoms with E-state index in [0.717, 1.165) is 11.3 Å². The van der Waals surface area contributed by atoms with Crippen LogP contribution in [0, 0.1) is 0 Å². The third-order valence-electron chi connectivity index (χ3n) is 4.09. The van der Waals surface area contributed by atoms with Crippen LogP contribution >= 0.6 is 0 Å². The van der Waals surface area contributed by atoms with E-state index in [2.05, 4.69) is 5.32 Å². The summed E-state index contributed by atoms with van der Waals surface area (Å²) < 4.78 is 16.4. The zero-order valence-electron chi connectivity index (χ0n) is 18.4. The number of carbonyl (C=O) groups excluding carboxylic acids is 2. The molecule has 0 bridgehead atoms. The zero-order chi connectivity index (χ0) is 22.1. The number of anilines is 1. The molecule has 0 aliphatic carbocycles. The van der Waals surface area contributed by atoms with Gasteiger partial charge in [0.25, 0.3) is 0 Å². The summed E-state index contributed by atoms with van der Waals surface area (Å²) in [6.45, 7) is 9.77. The maximum atomic E-state index is 12.4. The van der Waals surface area contributed by atoms with Gasteiger partial charge in [0.05, 0.1) is 11.3 Å². The van der Waals surface area contributed by atoms with E-state index in [-0.39, 0.29) is 18.6 Å². The lowest BCUT2D eigenvalue weighted by Crippen LogP contribution is -2.25. The van der Waals surface area contributed by atoms with Gasteiger partial charge in [-0.1, -0.05) is 24.3 Å². The van der Waals surface area contributed by atoms with Gasteiger partial charge in [-0.2, -0.15) is 0 Å². The second kappa shape index (κ2) is 10.8. The Labute approximate surface area is 178 Å². The first kappa shape index (κ1) is 23.4. The molecule has 1 amide bonds. The average Bonchev–Trinajstić information content (AvgIpc) is 2.66. The van der Waals surface area contributed by atoms with E-state index in [0.29, 0.717) is 24.3 Å². The number of hydrogen-bond acceptors (Lipinski definition) is 5. The monoisotopic (exact) mass is 413 g/mol. The molecule has 0 aromatic heterocycles. The van der Waals surface area contributed by atoms with Crippen molar-refractivity contribution >= 4 is 17.6 Å². The second-order valence-corrected chi connectivity index (χ2v) is 7.88. The van der Waals surface area contributed by atoms with Gasteiger partial charge >= 0.3 is 5.97 Å².